The molecule has 0 saturated heterocycles. The lowest BCUT2D eigenvalue weighted by Crippen LogP contribution is -1.98. The van der Waals surface area contributed by atoms with Crippen molar-refractivity contribution < 1.29 is 4.74 Å². The first-order valence-electron chi connectivity index (χ1n) is 7.15. The third-order valence-corrected chi connectivity index (χ3v) is 3.31. The number of halogens is 1. The Balaban J connectivity index is 1.91. The topological polar surface area (TPSA) is 9.23 Å². The maximum atomic E-state index is 5.84. The Bertz CT molecular complexity index is 294. The zero-order valence-electron chi connectivity index (χ0n) is 11.5. The SMILES string of the molecule is CCCCCCCOCCCc1ccc(Cl)cc1. The van der Waals surface area contributed by atoms with Gasteiger partial charge in [-0.1, -0.05) is 56.3 Å². The van der Waals surface area contributed by atoms with Crippen LogP contribution >= 0.6 is 11.6 Å². The van der Waals surface area contributed by atoms with Crippen molar-refractivity contribution in [3.05, 3.63) is 34.9 Å². The summed E-state index contributed by atoms with van der Waals surface area (Å²) >= 11 is 5.84. The molecule has 0 aromatic heterocycles. The van der Waals surface area contributed by atoms with Crippen LogP contribution in [0.5, 0.6) is 0 Å². The van der Waals surface area contributed by atoms with Crippen molar-refractivity contribution >= 4 is 11.6 Å². The van der Waals surface area contributed by atoms with E-state index in [9.17, 15) is 0 Å². The molecule has 1 rings (SSSR count). The minimum atomic E-state index is 0.807. The predicted octanol–water partition coefficient (Wildman–Crippen LogP) is 5.26. The van der Waals surface area contributed by atoms with E-state index in [0.29, 0.717) is 0 Å². The molecule has 1 aromatic carbocycles. The van der Waals surface area contributed by atoms with Gasteiger partial charge in [0, 0.05) is 18.2 Å². The molecule has 18 heavy (non-hydrogen) atoms. The molecule has 0 bridgehead atoms. The Labute approximate surface area is 116 Å². The van der Waals surface area contributed by atoms with Gasteiger partial charge in [0.25, 0.3) is 0 Å². The lowest BCUT2D eigenvalue weighted by atomic mass is 10.1. The number of unbranched alkanes of at least 4 members (excludes halogenated alkanes) is 4. The average molecular weight is 269 g/mol. The Kier molecular flexibility index (Phi) is 8.97. The first-order valence-corrected chi connectivity index (χ1v) is 7.53. The van der Waals surface area contributed by atoms with E-state index in [0.717, 1.165) is 31.1 Å². The zero-order chi connectivity index (χ0) is 13.1. The second kappa shape index (κ2) is 10.4. The van der Waals surface area contributed by atoms with E-state index in [-0.39, 0.29) is 0 Å². The minimum Gasteiger partial charge on any atom is -0.381 e. The minimum absolute atomic E-state index is 0.807. The largest absolute Gasteiger partial charge is 0.381 e. The van der Waals surface area contributed by atoms with E-state index in [1.807, 2.05) is 12.1 Å². The number of benzene rings is 1. The summed E-state index contributed by atoms with van der Waals surface area (Å²) in [4.78, 5) is 0. The summed E-state index contributed by atoms with van der Waals surface area (Å²) in [5.74, 6) is 0. The Hall–Kier alpha value is -0.530. The van der Waals surface area contributed by atoms with Crippen molar-refractivity contribution in [3.63, 3.8) is 0 Å². The molecule has 102 valence electrons. The fraction of sp³-hybridized carbons (Fsp3) is 0.625. The Morgan fingerprint density at radius 1 is 0.889 bits per heavy atom. The molecule has 0 radical (unpaired) electrons. The van der Waals surface area contributed by atoms with E-state index in [4.69, 9.17) is 16.3 Å². The highest BCUT2D eigenvalue weighted by Gasteiger charge is 1.95. The van der Waals surface area contributed by atoms with Crippen molar-refractivity contribution in [2.45, 2.75) is 51.9 Å². The van der Waals surface area contributed by atoms with Crippen molar-refractivity contribution in [2.24, 2.45) is 0 Å². The number of hydrogen-bond acceptors (Lipinski definition) is 1. The molecule has 0 aliphatic rings. The van der Waals surface area contributed by atoms with Gasteiger partial charge in [0.05, 0.1) is 0 Å². The van der Waals surface area contributed by atoms with Crippen molar-refractivity contribution in [1.82, 2.24) is 0 Å². The van der Waals surface area contributed by atoms with Crippen LogP contribution in [0.25, 0.3) is 0 Å². The molecule has 1 aromatic rings. The molecule has 0 spiro atoms. The average Bonchev–Trinajstić information content (AvgIpc) is 2.39. The highest BCUT2D eigenvalue weighted by atomic mass is 35.5. The molecule has 0 N–H and O–H groups in total. The second-order valence-corrected chi connectivity index (χ2v) is 5.19. The van der Waals surface area contributed by atoms with E-state index in [1.54, 1.807) is 0 Å². The highest BCUT2D eigenvalue weighted by molar-refractivity contribution is 6.30. The van der Waals surface area contributed by atoms with Gasteiger partial charge in [0.2, 0.25) is 0 Å². The normalized spacial score (nSPS) is 10.8. The molecule has 0 aliphatic heterocycles. The van der Waals surface area contributed by atoms with Gasteiger partial charge >= 0.3 is 0 Å². The summed E-state index contributed by atoms with van der Waals surface area (Å²) < 4.78 is 5.63. The van der Waals surface area contributed by atoms with Gasteiger partial charge in [0.15, 0.2) is 0 Å². The van der Waals surface area contributed by atoms with Crippen LogP contribution in [0.15, 0.2) is 24.3 Å². The molecular formula is C16H25ClO. The lowest BCUT2D eigenvalue weighted by Gasteiger charge is -2.04. The highest BCUT2D eigenvalue weighted by Crippen LogP contribution is 2.11. The lowest BCUT2D eigenvalue weighted by molar-refractivity contribution is 0.127. The summed E-state index contributed by atoms with van der Waals surface area (Å²) in [5, 5.41) is 0.807. The molecule has 0 heterocycles. The van der Waals surface area contributed by atoms with Gasteiger partial charge in [-0.3, -0.25) is 0 Å². The molecule has 2 heteroatoms. The van der Waals surface area contributed by atoms with E-state index >= 15 is 0 Å². The molecule has 0 aliphatic carbocycles. The smallest absolute Gasteiger partial charge is 0.0469 e. The van der Waals surface area contributed by atoms with Crippen molar-refractivity contribution in [3.8, 4) is 0 Å². The van der Waals surface area contributed by atoms with Crippen LogP contribution in [0.4, 0.5) is 0 Å². The van der Waals surface area contributed by atoms with Crippen LogP contribution < -0.4 is 0 Å². The summed E-state index contributed by atoms with van der Waals surface area (Å²) in [6, 6.07) is 8.08. The van der Waals surface area contributed by atoms with Crippen LogP contribution in [0, 0.1) is 0 Å². The zero-order valence-corrected chi connectivity index (χ0v) is 12.2. The number of rotatable bonds is 10. The summed E-state index contributed by atoms with van der Waals surface area (Å²) in [5.41, 5.74) is 1.34. The molecule has 0 atom stereocenters. The van der Waals surface area contributed by atoms with Crippen LogP contribution in [0.1, 0.15) is 51.0 Å². The molecular weight excluding hydrogens is 244 g/mol. The quantitative estimate of drug-likeness (QED) is 0.526. The maximum absolute atomic E-state index is 5.84. The van der Waals surface area contributed by atoms with Crippen molar-refractivity contribution in [2.75, 3.05) is 13.2 Å². The first kappa shape index (κ1) is 15.5. The van der Waals surface area contributed by atoms with E-state index < -0.39 is 0 Å². The molecule has 0 saturated carbocycles. The van der Waals surface area contributed by atoms with Gasteiger partial charge < -0.3 is 4.74 Å². The first-order chi connectivity index (χ1) is 8.83. The third-order valence-electron chi connectivity index (χ3n) is 3.06. The van der Waals surface area contributed by atoms with Gasteiger partial charge in [-0.15, -0.1) is 0 Å². The van der Waals surface area contributed by atoms with Crippen LogP contribution in [0.2, 0.25) is 5.02 Å². The van der Waals surface area contributed by atoms with Gasteiger partial charge in [-0.05, 0) is 37.0 Å². The monoisotopic (exact) mass is 268 g/mol. The maximum Gasteiger partial charge on any atom is 0.0469 e. The predicted molar refractivity (Wildman–Crippen MR) is 79.4 cm³/mol. The summed E-state index contributed by atoms with van der Waals surface area (Å²) in [6.45, 7) is 4.04. The van der Waals surface area contributed by atoms with Gasteiger partial charge in [-0.2, -0.15) is 0 Å². The number of ether oxygens (including phenoxy) is 1. The summed E-state index contributed by atoms with van der Waals surface area (Å²) in [6.07, 6.45) is 8.71. The molecule has 0 fully saturated rings. The van der Waals surface area contributed by atoms with Crippen LogP contribution in [0.3, 0.4) is 0 Å². The number of aryl methyl sites for hydroxylation is 1. The van der Waals surface area contributed by atoms with Gasteiger partial charge in [0.1, 0.15) is 0 Å². The Morgan fingerprint density at radius 2 is 1.56 bits per heavy atom. The fourth-order valence-electron chi connectivity index (χ4n) is 1.94. The third kappa shape index (κ3) is 7.73. The molecule has 0 unspecified atom stereocenters. The summed E-state index contributed by atoms with van der Waals surface area (Å²) in [7, 11) is 0. The van der Waals surface area contributed by atoms with E-state index in [2.05, 4.69) is 19.1 Å². The number of hydrogen-bond donors (Lipinski definition) is 0. The molecule has 1 nitrogen and oxygen atoms in total. The van der Waals surface area contributed by atoms with Gasteiger partial charge in [-0.25, -0.2) is 0 Å². The van der Waals surface area contributed by atoms with Crippen LogP contribution in [-0.4, -0.2) is 13.2 Å². The Morgan fingerprint density at radius 3 is 2.28 bits per heavy atom. The van der Waals surface area contributed by atoms with Crippen LogP contribution in [-0.2, 0) is 11.2 Å². The fourth-order valence-corrected chi connectivity index (χ4v) is 2.07. The van der Waals surface area contributed by atoms with Crippen molar-refractivity contribution in [1.29, 1.82) is 0 Å². The van der Waals surface area contributed by atoms with E-state index in [1.165, 1.54) is 37.7 Å². The second-order valence-electron chi connectivity index (χ2n) is 4.76. The standard InChI is InChI=1S/C16H25ClO/c1-2-3-4-5-6-13-18-14-7-8-15-9-11-16(17)12-10-15/h9-12H,2-8,13-14H2,1H3. The molecule has 0 amide bonds.